The maximum atomic E-state index is 13.3. The molecule has 0 aliphatic carbocycles. The molecule has 2 rings (SSSR count). The molecule has 1 heterocycles. The van der Waals surface area contributed by atoms with Crippen molar-refractivity contribution in [1.29, 1.82) is 0 Å². The van der Waals surface area contributed by atoms with Gasteiger partial charge in [0.05, 0.1) is 17.7 Å². The summed E-state index contributed by atoms with van der Waals surface area (Å²) in [6.45, 7) is 2.23. The van der Waals surface area contributed by atoms with Gasteiger partial charge in [0.25, 0.3) is 0 Å². The fourth-order valence-electron chi connectivity index (χ4n) is 1.95. The Morgan fingerprint density at radius 2 is 2.30 bits per heavy atom. The molecule has 0 spiro atoms. The first-order valence-corrected chi connectivity index (χ1v) is 7.33. The fraction of sp³-hybridized carbons (Fsp3) is 0.357. The van der Waals surface area contributed by atoms with Gasteiger partial charge < -0.3 is 15.7 Å². The Balaban J connectivity index is 1.77. The molecule has 2 aromatic rings. The second-order valence-electron chi connectivity index (χ2n) is 5.06. The summed E-state index contributed by atoms with van der Waals surface area (Å²) in [5.41, 5.74) is 0.336. The van der Waals surface area contributed by atoms with E-state index in [1.165, 1.54) is 18.5 Å². The van der Waals surface area contributed by atoms with Crippen LogP contribution in [-0.2, 0) is 6.54 Å². The second kappa shape index (κ2) is 7.89. The summed E-state index contributed by atoms with van der Waals surface area (Å²) in [7, 11) is 0. The number of carbonyl (C=O) groups is 1. The van der Waals surface area contributed by atoms with Gasteiger partial charge in [0.1, 0.15) is 18.5 Å². The molecule has 0 saturated carbocycles. The number of halogens is 2. The van der Waals surface area contributed by atoms with Crippen LogP contribution in [0.3, 0.4) is 0 Å². The Morgan fingerprint density at radius 3 is 2.96 bits per heavy atom. The van der Waals surface area contributed by atoms with E-state index in [0.717, 1.165) is 6.07 Å². The van der Waals surface area contributed by atoms with E-state index in [0.29, 0.717) is 12.1 Å². The van der Waals surface area contributed by atoms with Gasteiger partial charge in [-0.15, -0.1) is 0 Å². The van der Waals surface area contributed by atoms with Crippen molar-refractivity contribution in [2.45, 2.75) is 25.6 Å². The number of nitrogens with zero attached hydrogens (tertiary/aromatic N) is 3. The van der Waals surface area contributed by atoms with Gasteiger partial charge in [0.15, 0.2) is 0 Å². The van der Waals surface area contributed by atoms with Crippen molar-refractivity contribution in [2.75, 3.05) is 6.54 Å². The molecule has 0 aliphatic heterocycles. The summed E-state index contributed by atoms with van der Waals surface area (Å²) in [6, 6.07) is 3.38. The van der Waals surface area contributed by atoms with Crippen LogP contribution in [0.15, 0.2) is 30.9 Å². The third kappa shape index (κ3) is 5.19. The zero-order valence-electron chi connectivity index (χ0n) is 12.4. The van der Waals surface area contributed by atoms with Gasteiger partial charge >= 0.3 is 6.03 Å². The highest BCUT2D eigenvalue weighted by molar-refractivity contribution is 6.30. The summed E-state index contributed by atoms with van der Waals surface area (Å²) in [4.78, 5) is 15.6. The minimum absolute atomic E-state index is 0.0198. The topological polar surface area (TPSA) is 92.1 Å². The molecule has 1 aromatic carbocycles. The monoisotopic (exact) mass is 341 g/mol. The molecule has 3 N–H and O–H groups in total. The summed E-state index contributed by atoms with van der Waals surface area (Å²) in [5.74, 6) is -0.617. The zero-order valence-corrected chi connectivity index (χ0v) is 13.2. The van der Waals surface area contributed by atoms with Gasteiger partial charge in [0.2, 0.25) is 0 Å². The molecular formula is C14H17ClFN5O2. The first kappa shape index (κ1) is 17.2. The normalized spacial score (nSPS) is 13.4. The lowest BCUT2D eigenvalue weighted by atomic mass is 10.1. The van der Waals surface area contributed by atoms with E-state index in [-0.39, 0.29) is 17.6 Å². The minimum Gasteiger partial charge on any atom is -0.387 e. The highest BCUT2D eigenvalue weighted by atomic mass is 35.5. The summed E-state index contributed by atoms with van der Waals surface area (Å²) < 4.78 is 14.9. The Morgan fingerprint density at radius 1 is 1.52 bits per heavy atom. The van der Waals surface area contributed by atoms with Gasteiger partial charge in [0, 0.05) is 12.6 Å². The van der Waals surface area contributed by atoms with Crippen LogP contribution in [0.4, 0.5) is 9.18 Å². The smallest absolute Gasteiger partial charge is 0.315 e. The van der Waals surface area contributed by atoms with E-state index >= 15 is 0 Å². The molecule has 124 valence electrons. The van der Waals surface area contributed by atoms with Gasteiger partial charge in [-0.2, -0.15) is 5.10 Å². The average molecular weight is 342 g/mol. The quantitative estimate of drug-likeness (QED) is 0.742. The van der Waals surface area contributed by atoms with Crippen LogP contribution in [0.1, 0.15) is 18.6 Å². The third-order valence-corrected chi connectivity index (χ3v) is 3.40. The van der Waals surface area contributed by atoms with Crippen LogP contribution in [-0.4, -0.2) is 38.5 Å². The molecule has 0 bridgehead atoms. The van der Waals surface area contributed by atoms with Crippen LogP contribution in [0.25, 0.3) is 0 Å². The predicted octanol–water partition coefficient (Wildman–Crippen LogP) is 1.49. The molecule has 2 amide bonds. The molecule has 0 fully saturated rings. The standard InChI is InChI=1S/C14H17ClFN5O2/c1-9(6-21-8-17-7-19-21)20-14(23)18-5-13(22)10-2-3-11(15)12(16)4-10/h2-4,7-9,13,22H,5-6H2,1H3,(H2,18,20,23). The lowest BCUT2D eigenvalue weighted by molar-refractivity contribution is 0.172. The highest BCUT2D eigenvalue weighted by Gasteiger charge is 2.13. The summed E-state index contributed by atoms with van der Waals surface area (Å²) in [6.07, 6.45) is 1.93. The van der Waals surface area contributed by atoms with Crippen molar-refractivity contribution in [3.05, 3.63) is 47.3 Å². The average Bonchev–Trinajstić information content (AvgIpc) is 3.00. The van der Waals surface area contributed by atoms with Crippen molar-refractivity contribution < 1.29 is 14.3 Å². The number of aliphatic hydroxyl groups excluding tert-OH is 1. The third-order valence-electron chi connectivity index (χ3n) is 3.09. The van der Waals surface area contributed by atoms with E-state index in [9.17, 15) is 14.3 Å². The molecule has 1 aromatic heterocycles. The first-order valence-electron chi connectivity index (χ1n) is 6.95. The Kier molecular flexibility index (Phi) is 5.89. The predicted molar refractivity (Wildman–Crippen MR) is 82.4 cm³/mol. The molecule has 0 aliphatic rings. The lowest BCUT2D eigenvalue weighted by Crippen LogP contribution is -2.43. The van der Waals surface area contributed by atoms with Crippen molar-refractivity contribution in [2.24, 2.45) is 0 Å². The molecule has 7 nitrogen and oxygen atoms in total. The molecular weight excluding hydrogens is 325 g/mol. The number of urea groups is 1. The first-order chi connectivity index (χ1) is 11.0. The van der Waals surface area contributed by atoms with Crippen LogP contribution in [0.5, 0.6) is 0 Å². The molecule has 0 radical (unpaired) electrons. The lowest BCUT2D eigenvalue weighted by Gasteiger charge is -2.16. The van der Waals surface area contributed by atoms with Gasteiger partial charge in [-0.1, -0.05) is 17.7 Å². The SMILES string of the molecule is CC(Cn1cncn1)NC(=O)NCC(O)c1ccc(Cl)c(F)c1. The van der Waals surface area contributed by atoms with Crippen LogP contribution in [0, 0.1) is 5.82 Å². The molecule has 2 unspecified atom stereocenters. The number of hydrogen-bond donors (Lipinski definition) is 3. The maximum Gasteiger partial charge on any atom is 0.315 e. The summed E-state index contributed by atoms with van der Waals surface area (Å²) in [5, 5.41) is 19.1. The number of rotatable bonds is 6. The summed E-state index contributed by atoms with van der Waals surface area (Å²) >= 11 is 5.58. The number of hydrogen-bond acceptors (Lipinski definition) is 4. The second-order valence-corrected chi connectivity index (χ2v) is 5.47. The number of benzene rings is 1. The Labute approximate surface area is 137 Å². The van der Waals surface area contributed by atoms with E-state index in [2.05, 4.69) is 20.7 Å². The van der Waals surface area contributed by atoms with Crippen molar-refractivity contribution in [3.63, 3.8) is 0 Å². The van der Waals surface area contributed by atoms with Crippen molar-refractivity contribution in [3.8, 4) is 0 Å². The largest absolute Gasteiger partial charge is 0.387 e. The van der Waals surface area contributed by atoms with Crippen molar-refractivity contribution in [1.82, 2.24) is 25.4 Å². The molecule has 2 atom stereocenters. The van der Waals surface area contributed by atoms with Crippen LogP contribution in [0.2, 0.25) is 5.02 Å². The highest BCUT2D eigenvalue weighted by Crippen LogP contribution is 2.19. The number of aromatic nitrogens is 3. The number of amides is 2. The molecule has 23 heavy (non-hydrogen) atoms. The minimum atomic E-state index is -1.03. The van der Waals surface area contributed by atoms with Crippen LogP contribution < -0.4 is 10.6 Å². The van der Waals surface area contributed by atoms with Crippen LogP contribution >= 0.6 is 11.6 Å². The molecule has 0 saturated heterocycles. The number of nitrogens with one attached hydrogen (secondary N) is 2. The van der Waals surface area contributed by atoms with Crippen molar-refractivity contribution >= 4 is 17.6 Å². The van der Waals surface area contributed by atoms with E-state index in [1.54, 1.807) is 11.0 Å². The van der Waals surface area contributed by atoms with E-state index in [1.807, 2.05) is 6.92 Å². The number of aliphatic hydroxyl groups is 1. The zero-order chi connectivity index (χ0) is 16.8. The van der Waals surface area contributed by atoms with Gasteiger partial charge in [-0.3, -0.25) is 4.68 Å². The Bertz CT molecular complexity index is 653. The van der Waals surface area contributed by atoms with Gasteiger partial charge in [-0.25, -0.2) is 14.2 Å². The van der Waals surface area contributed by atoms with E-state index in [4.69, 9.17) is 11.6 Å². The molecule has 9 heteroatoms. The fourth-order valence-corrected chi connectivity index (χ4v) is 2.07. The number of carbonyl (C=O) groups excluding carboxylic acids is 1. The van der Waals surface area contributed by atoms with E-state index < -0.39 is 18.0 Å². The maximum absolute atomic E-state index is 13.3. The van der Waals surface area contributed by atoms with Gasteiger partial charge in [-0.05, 0) is 24.6 Å². The Hall–Kier alpha value is -2.19.